The lowest BCUT2D eigenvalue weighted by Crippen LogP contribution is -2.24. The molecule has 0 saturated carbocycles. The molecule has 0 radical (unpaired) electrons. The van der Waals surface area contributed by atoms with Crippen molar-refractivity contribution in [3.63, 3.8) is 0 Å². The fourth-order valence-corrected chi connectivity index (χ4v) is 1.66. The zero-order chi connectivity index (χ0) is 11.2. The van der Waals surface area contributed by atoms with E-state index in [0.29, 0.717) is 0 Å². The SMILES string of the molecule is CCCNC(c1ccccc1)c1ncn[nH]1. The minimum atomic E-state index is 0.101. The van der Waals surface area contributed by atoms with E-state index in [4.69, 9.17) is 0 Å². The van der Waals surface area contributed by atoms with Gasteiger partial charge in [-0.2, -0.15) is 5.10 Å². The maximum Gasteiger partial charge on any atom is 0.145 e. The maximum atomic E-state index is 4.22. The summed E-state index contributed by atoms with van der Waals surface area (Å²) < 4.78 is 0. The highest BCUT2D eigenvalue weighted by Crippen LogP contribution is 2.17. The normalized spacial score (nSPS) is 12.6. The van der Waals surface area contributed by atoms with Gasteiger partial charge in [0.25, 0.3) is 0 Å². The number of H-pyrrole nitrogens is 1. The number of rotatable bonds is 5. The van der Waals surface area contributed by atoms with E-state index >= 15 is 0 Å². The van der Waals surface area contributed by atoms with Gasteiger partial charge in [0.05, 0.1) is 6.04 Å². The smallest absolute Gasteiger partial charge is 0.145 e. The van der Waals surface area contributed by atoms with Crippen LogP contribution in [0.5, 0.6) is 0 Å². The van der Waals surface area contributed by atoms with Crippen molar-refractivity contribution in [1.29, 1.82) is 0 Å². The largest absolute Gasteiger partial charge is 0.304 e. The third-order valence-electron chi connectivity index (χ3n) is 2.44. The van der Waals surface area contributed by atoms with Crippen LogP contribution in [0.15, 0.2) is 36.7 Å². The highest BCUT2D eigenvalue weighted by molar-refractivity contribution is 5.24. The van der Waals surface area contributed by atoms with E-state index in [9.17, 15) is 0 Å². The summed E-state index contributed by atoms with van der Waals surface area (Å²) in [6.45, 7) is 3.11. The van der Waals surface area contributed by atoms with Gasteiger partial charge in [-0.05, 0) is 18.5 Å². The minimum absolute atomic E-state index is 0.101. The zero-order valence-electron chi connectivity index (χ0n) is 9.35. The number of benzene rings is 1. The van der Waals surface area contributed by atoms with Crippen LogP contribution in [0.3, 0.4) is 0 Å². The van der Waals surface area contributed by atoms with Gasteiger partial charge in [-0.1, -0.05) is 37.3 Å². The van der Waals surface area contributed by atoms with E-state index < -0.39 is 0 Å². The first-order valence-corrected chi connectivity index (χ1v) is 5.55. The summed E-state index contributed by atoms with van der Waals surface area (Å²) in [6, 6.07) is 10.4. The Labute approximate surface area is 95.1 Å². The Balaban J connectivity index is 2.21. The van der Waals surface area contributed by atoms with Gasteiger partial charge in [0, 0.05) is 0 Å². The summed E-state index contributed by atoms with van der Waals surface area (Å²) in [5.41, 5.74) is 1.20. The molecule has 0 amide bonds. The van der Waals surface area contributed by atoms with Crippen LogP contribution in [-0.2, 0) is 0 Å². The van der Waals surface area contributed by atoms with Gasteiger partial charge in [-0.15, -0.1) is 0 Å². The fourth-order valence-electron chi connectivity index (χ4n) is 1.66. The first-order valence-electron chi connectivity index (χ1n) is 5.55. The molecule has 0 bridgehead atoms. The van der Waals surface area contributed by atoms with E-state index in [1.54, 1.807) is 6.33 Å². The van der Waals surface area contributed by atoms with Gasteiger partial charge in [0.1, 0.15) is 12.2 Å². The fraction of sp³-hybridized carbons (Fsp3) is 0.333. The third kappa shape index (κ3) is 2.46. The molecule has 0 aliphatic rings. The predicted octanol–water partition coefficient (Wildman–Crippen LogP) is 1.89. The van der Waals surface area contributed by atoms with Crippen LogP contribution < -0.4 is 5.32 Å². The number of hydrogen-bond donors (Lipinski definition) is 2. The molecule has 1 unspecified atom stereocenters. The summed E-state index contributed by atoms with van der Waals surface area (Å²) in [6.07, 6.45) is 2.64. The molecule has 4 heteroatoms. The Hall–Kier alpha value is -1.68. The molecule has 0 aliphatic heterocycles. The lowest BCUT2D eigenvalue weighted by atomic mass is 10.1. The van der Waals surface area contributed by atoms with Gasteiger partial charge >= 0.3 is 0 Å². The lowest BCUT2D eigenvalue weighted by molar-refractivity contribution is 0.574. The number of aromatic amines is 1. The number of nitrogens with zero attached hydrogens (tertiary/aromatic N) is 2. The van der Waals surface area contributed by atoms with Crippen molar-refractivity contribution in [3.05, 3.63) is 48.0 Å². The molecule has 2 aromatic rings. The Morgan fingerprint density at radius 3 is 2.75 bits per heavy atom. The molecule has 1 heterocycles. The van der Waals surface area contributed by atoms with Gasteiger partial charge in [0.2, 0.25) is 0 Å². The molecule has 0 fully saturated rings. The Bertz CT molecular complexity index is 396. The second-order valence-corrected chi connectivity index (χ2v) is 3.67. The van der Waals surface area contributed by atoms with Crippen molar-refractivity contribution in [3.8, 4) is 0 Å². The van der Waals surface area contributed by atoms with Gasteiger partial charge in [-0.3, -0.25) is 5.10 Å². The Morgan fingerprint density at radius 1 is 1.31 bits per heavy atom. The summed E-state index contributed by atoms with van der Waals surface area (Å²) in [5.74, 6) is 0.861. The summed E-state index contributed by atoms with van der Waals surface area (Å²) in [5, 5.41) is 10.3. The van der Waals surface area contributed by atoms with E-state index in [1.807, 2.05) is 18.2 Å². The maximum absolute atomic E-state index is 4.22. The van der Waals surface area contributed by atoms with Crippen LogP contribution in [0.25, 0.3) is 0 Å². The molecule has 4 nitrogen and oxygen atoms in total. The monoisotopic (exact) mass is 216 g/mol. The van der Waals surface area contributed by atoms with E-state index in [2.05, 4.69) is 39.6 Å². The molecule has 16 heavy (non-hydrogen) atoms. The predicted molar refractivity (Wildman–Crippen MR) is 63.0 cm³/mol. The van der Waals surface area contributed by atoms with Gasteiger partial charge < -0.3 is 5.32 Å². The first-order chi connectivity index (χ1) is 7.92. The minimum Gasteiger partial charge on any atom is -0.304 e. The second kappa shape index (κ2) is 5.42. The molecule has 0 spiro atoms. The zero-order valence-corrected chi connectivity index (χ0v) is 9.35. The standard InChI is InChI=1S/C12H16N4/c1-2-8-13-11(12-14-9-15-16-12)10-6-4-3-5-7-10/h3-7,9,11,13H,2,8H2,1H3,(H,14,15,16). The quantitative estimate of drug-likeness (QED) is 0.802. The summed E-state index contributed by atoms with van der Waals surface area (Å²) in [7, 11) is 0. The molecule has 1 aromatic heterocycles. The molecule has 84 valence electrons. The molecular formula is C12H16N4. The van der Waals surface area contributed by atoms with Crippen LogP contribution >= 0.6 is 0 Å². The summed E-state index contributed by atoms with van der Waals surface area (Å²) >= 11 is 0. The van der Waals surface area contributed by atoms with Crippen molar-refractivity contribution in [2.45, 2.75) is 19.4 Å². The molecule has 1 aromatic carbocycles. The molecule has 2 rings (SSSR count). The van der Waals surface area contributed by atoms with E-state index in [1.165, 1.54) is 5.56 Å². The van der Waals surface area contributed by atoms with Crippen molar-refractivity contribution in [1.82, 2.24) is 20.5 Å². The Kier molecular flexibility index (Phi) is 3.66. The highest BCUT2D eigenvalue weighted by Gasteiger charge is 2.15. The van der Waals surface area contributed by atoms with Crippen molar-refractivity contribution in [2.75, 3.05) is 6.54 Å². The van der Waals surface area contributed by atoms with Gasteiger partial charge in [0.15, 0.2) is 0 Å². The van der Waals surface area contributed by atoms with Crippen LogP contribution in [0.2, 0.25) is 0 Å². The second-order valence-electron chi connectivity index (χ2n) is 3.67. The van der Waals surface area contributed by atoms with Crippen LogP contribution in [0.1, 0.15) is 30.8 Å². The average molecular weight is 216 g/mol. The number of nitrogens with one attached hydrogen (secondary N) is 2. The first kappa shape index (κ1) is 10.8. The molecule has 0 saturated heterocycles. The lowest BCUT2D eigenvalue weighted by Gasteiger charge is -2.16. The third-order valence-corrected chi connectivity index (χ3v) is 2.44. The van der Waals surface area contributed by atoms with Crippen LogP contribution in [0, 0.1) is 0 Å². The van der Waals surface area contributed by atoms with Crippen molar-refractivity contribution >= 4 is 0 Å². The van der Waals surface area contributed by atoms with Crippen molar-refractivity contribution in [2.24, 2.45) is 0 Å². The number of aromatic nitrogens is 3. The van der Waals surface area contributed by atoms with Crippen molar-refractivity contribution < 1.29 is 0 Å². The van der Waals surface area contributed by atoms with E-state index in [-0.39, 0.29) is 6.04 Å². The van der Waals surface area contributed by atoms with Gasteiger partial charge in [-0.25, -0.2) is 4.98 Å². The molecule has 1 atom stereocenters. The van der Waals surface area contributed by atoms with E-state index in [0.717, 1.165) is 18.8 Å². The van der Waals surface area contributed by atoms with Crippen LogP contribution in [-0.4, -0.2) is 21.7 Å². The Morgan fingerprint density at radius 2 is 2.12 bits per heavy atom. The molecular weight excluding hydrogens is 200 g/mol. The topological polar surface area (TPSA) is 53.6 Å². The number of hydrogen-bond acceptors (Lipinski definition) is 3. The molecule has 0 aliphatic carbocycles. The average Bonchev–Trinajstić information content (AvgIpc) is 2.85. The summed E-state index contributed by atoms with van der Waals surface area (Å²) in [4.78, 5) is 4.22. The van der Waals surface area contributed by atoms with Crippen LogP contribution in [0.4, 0.5) is 0 Å². The highest BCUT2D eigenvalue weighted by atomic mass is 15.2. The molecule has 2 N–H and O–H groups in total.